The number of carbonyl (C=O) groups excluding carboxylic acids is 1. The van der Waals surface area contributed by atoms with Gasteiger partial charge in [-0.15, -0.1) is 0 Å². The topological polar surface area (TPSA) is 32.3 Å². The van der Waals surface area contributed by atoms with Crippen LogP contribution in [0.1, 0.15) is 59.8 Å². The van der Waals surface area contributed by atoms with Crippen molar-refractivity contribution in [2.24, 2.45) is 5.92 Å². The predicted octanol–water partition coefficient (Wildman–Crippen LogP) is 2.76. The van der Waals surface area contributed by atoms with E-state index in [0.717, 1.165) is 31.7 Å². The highest BCUT2D eigenvalue weighted by molar-refractivity contribution is 5.84. The predicted molar refractivity (Wildman–Crippen MR) is 71.7 cm³/mol. The maximum Gasteiger partial charge on any atom is 0.241 e. The standard InChI is InChI=1S/C14H28N2O/c1-5-8-13-14(17)16(12(4)15-13)10-7-6-9-11(2)3/h11-13,15H,5-10H2,1-4H3. The van der Waals surface area contributed by atoms with E-state index in [4.69, 9.17) is 0 Å². The van der Waals surface area contributed by atoms with Gasteiger partial charge in [0.1, 0.15) is 0 Å². The van der Waals surface area contributed by atoms with Crippen molar-refractivity contribution >= 4 is 5.91 Å². The molecule has 1 fully saturated rings. The minimum atomic E-state index is 0.0695. The smallest absolute Gasteiger partial charge is 0.241 e. The summed E-state index contributed by atoms with van der Waals surface area (Å²) >= 11 is 0. The van der Waals surface area contributed by atoms with E-state index in [-0.39, 0.29) is 12.2 Å². The van der Waals surface area contributed by atoms with Crippen LogP contribution < -0.4 is 5.32 Å². The number of hydrogen-bond acceptors (Lipinski definition) is 2. The summed E-state index contributed by atoms with van der Waals surface area (Å²) in [4.78, 5) is 14.1. The third kappa shape index (κ3) is 4.30. The SMILES string of the molecule is CCCC1NC(C)N(CCCCC(C)C)C1=O. The third-order valence-corrected chi connectivity index (χ3v) is 3.50. The molecule has 0 radical (unpaired) electrons. The number of rotatable bonds is 7. The first-order valence-electron chi connectivity index (χ1n) is 7.12. The van der Waals surface area contributed by atoms with Gasteiger partial charge in [-0.1, -0.05) is 40.0 Å². The van der Waals surface area contributed by atoms with Crippen molar-refractivity contribution < 1.29 is 4.79 Å². The maximum absolute atomic E-state index is 12.1. The van der Waals surface area contributed by atoms with Crippen molar-refractivity contribution in [1.82, 2.24) is 10.2 Å². The van der Waals surface area contributed by atoms with E-state index in [1.54, 1.807) is 0 Å². The molecule has 100 valence electrons. The van der Waals surface area contributed by atoms with Crippen LogP contribution in [-0.4, -0.2) is 29.6 Å². The lowest BCUT2D eigenvalue weighted by molar-refractivity contribution is -0.130. The monoisotopic (exact) mass is 240 g/mol. The molecular weight excluding hydrogens is 212 g/mol. The Hall–Kier alpha value is -0.570. The summed E-state index contributed by atoms with van der Waals surface area (Å²) < 4.78 is 0. The maximum atomic E-state index is 12.1. The van der Waals surface area contributed by atoms with Crippen molar-refractivity contribution in [3.63, 3.8) is 0 Å². The van der Waals surface area contributed by atoms with Crippen molar-refractivity contribution in [2.45, 2.75) is 72.0 Å². The zero-order valence-electron chi connectivity index (χ0n) is 11.8. The Morgan fingerprint density at radius 3 is 2.65 bits per heavy atom. The molecule has 0 aromatic heterocycles. The van der Waals surface area contributed by atoms with Crippen LogP contribution in [0.4, 0.5) is 0 Å². The molecule has 17 heavy (non-hydrogen) atoms. The molecule has 0 spiro atoms. The van der Waals surface area contributed by atoms with Crippen LogP contribution in [0.15, 0.2) is 0 Å². The van der Waals surface area contributed by atoms with Gasteiger partial charge in [-0.2, -0.15) is 0 Å². The molecule has 2 unspecified atom stereocenters. The number of hydrogen-bond donors (Lipinski definition) is 1. The minimum Gasteiger partial charge on any atom is -0.326 e. The molecule has 1 aliphatic heterocycles. The Labute approximate surface area is 106 Å². The Morgan fingerprint density at radius 2 is 2.06 bits per heavy atom. The quantitative estimate of drug-likeness (QED) is 0.694. The normalized spacial score (nSPS) is 25.0. The van der Waals surface area contributed by atoms with Gasteiger partial charge in [-0.25, -0.2) is 0 Å². The summed E-state index contributed by atoms with van der Waals surface area (Å²) in [6, 6.07) is 0.0695. The summed E-state index contributed by atoms with van der Waals surface area (Å²) in [5.41, 5.74) is 0. The van der Waals surface area contributed by atoms with Crippen LogP contribution in [0.2, 0.25) is 0 Å². The van der Waals surface area contributed by atoms with E-state index in [1.807, 2.05) is 4.90 Å². The van der Waals surface area contributed by atoms with Gasteiger partial charge in [0.25, 0.3) is 0 Å². The number of nitrogens with zero attached hydrogens (tertiary/aromatic N) is 1. The van der Waals surface area contributed by atoms with Gasteiger partial charge in [-0.05, 0) is 25.7 Å². The Morgan fingerprint density at radius 1 is 1.35 bits per heavy atom. The first-order valence-corrected chi connectivity index (χ1v) is 7.12. The molecule has 3 nitrogen and oxygen atoms in total. The van der Waals surface area contributed by atoms with Crippen LogP contribution in [0.3, 0.4) is 0 Å². The fraction of sp³-hybridized carbons (Fsp3) is 0.929. The largest absolute Gasteiger partial charge is 0.326 e. The lowest BCUT2D eigenvalue weighted by atomic mass is 10.1. The van der Waals surface area contributed by atoms with Gasteiger partial charge < -0.3 is 4.90 Å². The lowest BCUT2D eigenvalue weighted by Crippen LogP contribution is -2.35. The first-order chi connectivity index (χ1) is 8.06. The fourth-order valence-corrected chi connectivity index (χ4v) is 2.48. The molecule has 1 saturated heterocycles. The van der Waals surface area contributed by atoms with Crippen LogP contribution in [-0.2, 0) is 4.79 Å². The highest BCUT2D eigenvalue weighted by atomic mass is 16.2. The third-order valence-electron chi connectivity index (χ3n) is 3.50. The molecule has 1 heterocycles. The van der Waals surface area contributed by atoms with E-state index >= 15 is 0 Å². The molecule has 0 aromatic carbocycles. The van der Waals surface area contributed by atoms with Crippen LogP contribution in [0.25, 0.3) is 0 Å². The Kier molecular flexibility index (Phi) is 5.96. The van der Waals surface area contributed by atoms with Crippen LogP contribution >= 0.6 is 0 Å². The molecule has 0 bridgehead atoms. The second kappa shape index (κ2) is 7.00. The summed E-state index contributed by atoms with van der Waals surface area (Å²) in [6.07, 6.45) is 5.88. The van der Waals surface area contributed by atoms with Gasteiger partial charge in [0.15, 0.2) is 0 Å². The molecule has 2 atom stereocenters. The fourth-order valence-electron chi connectivity index (χ4n) is 2.48. The van der Waals surface area contributed by atoms with E-state index in [2.05, 4.69) is 33.0 Å². The van der Waals surface area contributed by atoms with Crippen LogP contribution in [0, 0.1) is 5.92 Å². The zero-order chi connectivity index (χ0) is 12.8. The van der Waals surface area contributed by atoms with Gasteiger partial charge in [0.2, 0.25) is 5.91 Å². The highest BCUT2D eigenvalue weighted by Crippen LogP contribution is 2.16. The van der Waals surface area contributed by atoms with E-state index in [9.17, 15) is 4.79 Å². The molecule has 1 rings (SSSR count). The van der Waals surface area contributed by atoms with Crippen molar-refractivity contribution in [3.8, 4) is 0 Å². The van der Waals surface area contributed by atoms with Gasteiger partial charge in [0.05, 0.1) is 12.2 Å². The lowest BCUT2D eigenvalue weighted by Gasteiger charge is -2.20. The van der Waals surface area contributed by atoms with Gasteiger partial charge in [0, 0.05) is 6.54 Å². The summed E-state index contributed by atoms with van der Waals surface area (Å²) in [5.74, 6) is 1.08. The van der Waals surface area contributed by atoms with Crippen molar-refractivity contribution in [1.29, 1.82) is 0 Å². The summed E-state index contributed by atoms with van der Waals surface area (Å²) in [5, 5.41) is 3.38. The Balaban J connectivity index is 2.30. The number of carbonyl (C=O) groups is 1. The molecular formula is C14H28N2O. The van der Waals surface area contributed by atoms with E-state index in [0.29, 0.717) is 5.91 Å². The molecule has 1 N–H and O–H groups in total. The molecule has 1 aliphatic rings. The van der Waals surface area contributed by atoms with Gasteiger partial charge >= 0.3 is 0 Å². The second-order valence-corrected chi connectivity index (χ2v) is 5.61. The zero-order valence-corrected chi connectivity index (χ0v) is 11.8. The number of amides is 1. The summed E-state index contributed by atoms with van der Waals surface area (Å²) in [6.45, 7) is 9.64. The highest BCUT2D eigenvalue weighted by Gasteiger charge is 2.34. The van der Waals surface area contributed by atoms with E-state index in [1.165, 1.54) is 12.8 Å². The Bertz CT molecular complexity index is 240. The van der Waals surface area contributed by atoms with Crippen molar-refractivity contribution in [3.05, 3.63) is 0 Å². The molecule has 3 heteroatoms. The van der Waals surface area contributed by atoms with Crippen molar-refractivity contribution in [2.75, 3.05) is 6.54 Å². The minimum absolute atomic E-state index is 0.0695. The number of nitrogens with one attached hydrogen (secondary N) is 1. The van der Waals surface area contributed by atoms with Crippen LogP contribution in [0.5, 0.6) is 0 Å². The van der Waals surface area contributed by atoms with E-state index < -0.39 is 0 Å². The molecule has 1 amide bonds. The molecule has 0 aromatic rings. The van der Waals surface area contributed by atoms with Gasteiger partial charge in [-0.3, -0.25) is 10.1 Å². The number of unbranched alkanes of at least 4 members (excludes halogenated alkanes) is 1. The average Bonchev–Trinajstić information content (AvgIpc) is 2.51. The summed E-state index contributed by atoms with van der Waals surface area (Å²) in [7, 11) is 0. The average molecular weight is 240 g/mol. The first kappa shape index (κ1) is 14.5. The molecule has 0 saturated carbocycles. The molecule has 0 aliphatic carbocycles. The second-order valence-electron chi connectivity index (χ2n) is 5.61.